The Morgan fingerprint density at radius 1 is 1.12 bits per heavy atom. The highest BCUT2D eigenvalue weighted by Gasteiger charge is 2.56. The number of hydrogen-bond donors (Lipinski definition) is 0. The summed E-state index contributed by atoms with van der Waals surface area (Å²) in [6, 6.07) is 0. The Bertz CT molecular complexity index is 510. The SMILES string of the molecule is CCOC(=O)C1(C2(CC)C=CC(C3CCCCC3)=N2)CCCCC1. The lowest BCUT2D eigenvalue weighted by Crippen LogP contribution is -2.52. The van der Waals surface area contributed by atoms with Gasteiger partial charge in [0.25, 0.3) is 0 Å². The van der Waals surface area contributed by atoms with Gasteiger partial charge in [-0.1, -0.05) is 51.5 Å². The maximum Gasteiger partial charge on any atom is 0.314 e. The Hall–Kier alpha value is -1.12. The molecule has 2 fully saturated rings. The summed E-state index contributed by atoms with van der Waals surface area (Å²) in [7, 11) is 0. The van der Waals surface area contributed by atoms with Crippen LogP contribution in [-0.2, 0) is 9.53 Å². The van der Waals surface area contributed by atoms with E-state index in [2.05, 4.69) is 19.1 Å². The smallest absolute Gasteiger partial charge is 0.314 e. The zero-order valence-corrected chi connectivity index (χ0v) is 15.5. The lowest BCUT2D eigenvalue weighted by atomic mass is 9.60. The third kappa shape index (κ3) is 2.95. The van der Waals surface area contributed by atoms with Crippen LogP contribution in [0.5, 0.6) is 0 Å². The van der Waals surface area contributed by atoms with Gasteiger partial charge in [0.1, 0.15) is 0 Å². The number of esters is 1. The minimum atomic E-state index is -0.442. The van der Waals surface area contributed by atoms with Gasteiger partial charge < -0.3 is 4.74 Å². The molecular formula is C21H33NO2. The molecule has 0 N–H and O–H groups in total. The summed E-state index contributed by atoms with van der Waals surface area (Å²) in [6.07, 6.45) is 17.2. The highest BCUT2D eigenvalue weighted by atomic mass is 16.5. The van der Waals surface area contributed by atoms with E-state index in [1.54, 1.807) is 0 Å². The Morgan fingerprint density at radius 3 is 2.42 bits per heavy atom. The van der Waals surface area contributed by atoms with Crippen molar-refractivity contribution >= 4 is 11.7 Å². The van der Waals surface area contributed by atoms with Crippen LogP contribution in [0.1, 0.15) is 84.5 Å². The van der Waals surface area contributed by atoms with E-state index in [0.29, 0.717) is 12.5 Å². The molecule has 3 nitrogen and oxygen atoms in total. The molecule has 3 aliphatic rings. The van der Waals surface area contributed by atoms with E-state index >= 15 is 0 Å². The van der Waals surface area contributed by atoms with Gasteiger partial charge >= 0.3 is 5.97 Å². The minimum Gasteiger partial charge on any atom is -0.465 e. The van der Waals surface area contributed by atoms with E-state index in [0.717, 1.165) is 32.1 Å². The second-order valence-electron chi connectivity index (χ2n) is 7.85. The van der Waals surface area contributed by atoms with Crippen LogP contribution < -0.4 is 0 Å². The van der Waals surface area contributed by atoms with E-state index in [1.165, 1.54) is 44.2 Å². The van der Waals surface area contributed by atoms with Crippen LogP contribution >= 0.6 is 0 Å². The van der Waals surface area contributed by atoms with Crippen molar-refractivity contribution in [3.8, 4) is 0 Å². The van der Waals surface area contributed by atoms with Crippen LogP contribution in [0.15, 0.2) is 17.1 Å². The number of allylic oxidation sites excluding steroid dienone is 1. The number of hydrogen-bond acceptors (Lipinski definition) is 3. The summed E-state index contributed by atoms with van der Waals surface area (Å²) in [5.74, 6) is 0.594. The zero-order chi connectivity index (χ0) is 17.0. The standard InChI is InChI=1S/C21H33NO2/c1-3-21(16-13-18(22-21)17-11-7-5-8-12-17)20(19(23)24-4-2)14-9-6-10-15-20/h13,16-17H,3-12,14-15H2,1-2H3. The summed E-state index contributed by atoms with van der Waals surface area (Å²) in [4.78, 5) is 18.3. The van der Waals surface area contributed by atoms with Crippen LogP contribution in [0.3, 0.4) is 0 Å². The maximum absolute atomic E-state index is 13.0. The Balaban J connectivity index is 1.93. The summed E-state index contributed by atoms with van der Waals surface area (Å²) in [5.41, 5.74) is 0.445. The molecule has 1 aliphatic heterocycles. The molecule has 1 heterocycles. The molecule has 0 spiro atoms. The number of carbonyl (C=O) groups is 1. The molecule has 24 heavy (non-hydrogen) atoms. The van der Waals surface area contributed by atoms with Crippen LogP contribution in [-0.4, -0.2) is 23.8 Å². The molecule has 134 valence electrons. The van der Waals surface area contributed by atoms with Crippen molar-refractivity contribution in [3.05, 3.63) is 12.2 Å². The monoisotopic (exact) mass is 331 g/mol. The largest absolute Gasteiger partial charge is 0.465 e. The van der Waals surface area contributed by atoms with Crippen molar-refractivity contribution < 1.29 is 9.53 Å². The van der Waals surface area contributed by atoms with Gasteiger partial charge in [0.15, 0.2) is 0 Å². The molecule has 0 radical (unpaired) electrons. The van der Waals surface area contributed by atoms with Crippen LogP contribution in [0, 0.1) is 11.3 Å². The molecule has 0 aromatic carbocycles. The lowest BCUT2D eigenvalue weighted by molar-refractivity contribution is -0.161. The van der Waals surface area contributed by atoms with Crippen molar-refractivity contribution in [3.63, 3.8) is 0 Å². The Labute approximate surface area is 147 Å². The molecule has 3 rings (SSSR count). The molecule has 1 atom stereocenters. The fourth-order valence-corrected chi connectivity index (χ4v) is 5.19. The van der Waals surface area contributed by atoms with Crippen LogP contribution in [0.4, 0.5) is 0 Å². The first-order valence-electron chi connectivity index (χ1n) is 10.1. The Kier molecular flexibility index (Phi) is 5.46. The average Bonchev–Trinajstić information content (AvgIpc) is 3.09. The Morgan fingerprint density at radius 2 is 1.79 bits per heavy atom. The van der Waals surface area contributed by atoms with E-state index in [4.69, 9.17) is 9.73 Å². The second-order valence-corrected chi connectivity index (χ2v) is 7.85. The fourth-order valence-electron chi connectivity index (χ4n) is 5.19. The predicted molar refractivity (Wildman–Crippen MR) is 98.3 cm³/mol. The van der Waals surface area contributed by atoms with Gasteiger partial charge in [0.2, 0.25) is 0 Å². The first kappa shape index (κ1) is 17.7. The van der Waals surface area contributed by atoms with Crippen molar-refractivity contribution in [2.45, 2.75) is 90.0 Å². The van der Waals surface area contributed by atoms with Crippen molar-refractivity contribution in [2.75, 3.05) is 6.61 Å². The summed E-state index contributed by atoms with van der Waals surface area (Å²) in [6.45, 7) is 4.56. The zero-order valence-electron chi connectivity index (χ0n) is 15.5. The normalized spacial score (nSPS) is 30.2. The molecule has 0 aromatic rings. The second kappa shape index (κ2) is 7.41. The minimum absolute atomic E-state index is 0.00940. The number of ether oxygens (including phenoxy) is 1. The van der Waals surface area contributed by atoms with Gasteiger partial charge in [-0.3, -0.25) is 9.79 Å². The quantitative estimate of drug-likeness (QED) is 0.646. The van der Waals surface area contributed by atoms with Gasteiger partial charge in [-0.05, 0) is 45.1 Å². The van der Waals surface area contributed by atoms with Gasteiger partial charge in [0.05, 0.1) is 17.6 Å². The van der Waals surface area contributed by atoms with E-state index in [9.17, 15) is 4.79 Å². The van der Waals surface area contributed by atoms with Crippen molar-refractivity contribution in [1.29, 1.82) is 0 Å². The first-order chi connectivity index (χ1) is 11.7. The lowest BCUT2D eigenvalue weighted by Gasteiger charge is -2.46. The number of aliphatic imine (C=N–C) groups is 1. The van der Waals surface area contributed by atoms with Gasteiger partial charge in [-0.2, -0.15) is 0 Å². The fraction of sp³-hybridized carbons (Fsp3) is 0.810. The predicted octanol–water partition coefficient (Wildman–Crippen LogP) is 5.24. The van der Waals surface area contributed by atoms with Crippen LogP contribution in [0.2, 0.25) is 0 Å². The van der Waals surface area contributed by atoms with Crippen molar-refractivity contribution in [2.24, 2.45) is 16.3 Å². The first-order valence-corrected chi connectivity index (χ1v) is 10.1. The number of rotatable bonds is 5. The summed E-state index contributed by atoms with van der Waals surface area (Å²) >= 11 is 0. The highest BCUT2D eigenvalue weighted by Crippen LogP contribution is 2.52. The molecule has 1 unspecified atom stereocenters. The molecule has 0 saturated heterocycles. The molecule has 0 aromatic heterocycles. The van der Waals surface area contributed by atoms with Crippen LogP contribution in [0.25, 0.3) is 0 Å². The number of carbonyl (C=O) groups excluding carboxylic acids is 1. The summed E-state index contributed by atoms with van der Waals surface area (Å²) in [5, 5.41) is 0. The molecule has 3 heteroatoms. The van der Waals surface area contributed by atoms with Gasteiger partial charge in [-0.15, -0.1) is 0 Å². The van der Waals surface area contributed by atoms with Gasteiger partial charge in [-0.25, -0.2) is 0 Å². The van der Waals surface area contributed by atoms with E-state index < -0.39 is 5.41 Å². The average molecular weight is 332 g/mol. The molecule has 2 aliphatic carbocycles. The van der Waals surface area contributed by atoms with E-state index in [-0.39, 0.29) is 11.5 Å². The van der Waals surface area contributed by atoms with Crippen molar-refractivity contribution in [1.82, 2.24) is 0 Å². The number of nitrogens with zero attached hydrogens (tertiary/aromatic N) is 1. The van der Waals surface area contributed by atoms with Gasteiger partial charge in [0, 0.05) is 11.6 Å². The third-order valence-corrected chi connectivity index (χ3v) is 6.62. The third-order valence-electron chi connectivity index (χ3n) is 6.62. The molecule has 0 bridgehead atoms. The molecule has 2 saturated carbocycles. The topological polar surface area (TPSA) is 38.7 Å². The van der Waals surface area contributed by atoms with E-state index in [1.807, 2.05) is 6.92 Å². The molecule has 0 amide bonds. The maximum atomic E-state index is 13.0. The highest BCUT2D eigenvalue weighted by molar-refractivity contribution is 6.00. The summed E-state index contributed by atoms with van der Waals surface area (Å²) < 4.78 is 5.56. The molecular weight excluding hydrogens is 298 g/mol.